The maximum atomic E-state index is 12.1. The molecule has 1 saturated carbocycles. The average Bonchev–Trinajstić information content (AvgIpc) is 2.62. The second-order valence-electron chi connectivity index (χ2n) is 7.69. The molecule has 0 nitrogen and oxygen atoms in total. The van der Waals surface area contributed by atoms with Crippen LogP contribution in [0.4, 0.5) is 8.78 Å². The molecule has 0 heterocycles. The van der Waals surface area contributed by atoms with Crippen LogP contribution in [0.25, 0.3) is 0 Å². The molecule has 140 valence electrons. The summed E-state index contributed by atoms with van der Waals surface area (Å²) in [6.45, 7) is 2.27. The van der Waals surface area contributed by atoms with Crippen LogP contribution in [0, 0.1) is 5.92 Å². The molecular formula is C23H34F2. The highest BCUT2D eigenvalue weighted by Gasteiger charge is 2.21. The predicted octanol–water partition coefficient (Wildman–Crippen LogP) is 8.03. The van der Waals surface area contributed by atoms with Crippen LogP contribution in [0.2, 0.25) is 0 Å². The Balaban J connectivity index is 1.68. The molecule has 0 unspecified atom stereocenters. The molecule has 0 aliphatic heterocycles. The van der Waals surface area contributed by atoms with Crippen LogP contribution in [-0.2, 0) is 6.42 Å². The molecule has 0 N–H and O–H groups in total. The summed E-state index contributed by atoms with van der Waals surface area (Å²) in [7, 11) is 0. The van der Waals surface area contributed by atoms with Gasteiger partial charge in [0.1, 0.15) is 0 Å². The minimum atomic E-state index is -1.57. The lowest BCUT2D eigenvalue weighted by Crippen LogP contribution is -2.13. The van der Waals surface area contributed by atoms with E-state index in [-0.39, 0.29) is 0 Å². The Hall–Kier alpha value is -1.18. The normalized spacial score (nSPS) is 20.4. The first-order valence-electron chi connectivity index (χ1n) is 10.3. The van der Waals surface area contributed by atoms with Gasteiger partial charge in [-0.1, -0.05) is 69.7 Å². The van der Waals surface area contributed by atoms with Crippen molar-refractivity contribution in [3.8, 4) is 0 Å². The van der Waals surface area contributed by atoms with E-state index < -0.39 is 6.08 Å². The van der Waals surface area contributed by atoms with Crippen LogP contribution >= 0.6 is 0 Å². The summed E-state index contributed by atoms with van der Waals surface area (Å²) in [5, 5.41) is 0. The molecule has 1 fully saturated rings. The van der Waals surface area contributed by atoms with Crippen molar-refractivity contribution >= 4 is 0 Å². The van der Waals surface area contributed by atoms with Gasteiger partial charge in [-0.05, 0) is 67.6 Å². The highest BCUT2D eigenvalue weighted by molar-refractivity contribution is 5.26. The number of rotatable bonds is 10. The summed E-state index contributed by atoms with van der Waals surface area (Å²) in [5.41, 5.74) is 2.60. The Bertz CT molecular complexity index is 491. The van der Waals surface area contributed by atoms with E-state index in [1.54, 1.807) is 0 Å². The number of halogens is 2. The summed E-state index contributed by atoms with van der Waals surface area (Å²) >= 11 is 0. The fourth-order valence-electron chi connectivity index (χ4n) is 4.13. The Labute approximate surface area is 152 Å². The van der Waals surface area contributed by atoms with Crippen LogP contribution in [0.1, 0.15) is 94.6 Å². The lowest BCUT2D eigenvalue weighted by Gasteiger charge is -2.29. The van der Waals surface area contributed by atoms with Crippen molar-refractivity contribution in [2.75, 3.05) is 0 Å². The number of hydrogen-bond donors (Lipinski definition) is 0. The Kier molecular flexibility index (Phi) is 9.21. The molecule has 1 aliphatic carbocycles. The fourth-order valence-corrected chi connectivity index (χ4v) is 4.13. The molecule has 0 bridgehead atoms. The Morgan fingerprint density at radius 3 is 2.28 bits per heavy atom. The van der Waals surface area contributed by atoms with E-state index in [0.717, 1.165) is 17.6 Å². The van der Waals surface area contributed by atoms with Crippen molar-refractivity contribution in [2.45, 2.75) is 89.9 Å². The van der Waals surface area contributed by atoms with Crippen LogP contribution in [-0.4, -0.2) is 0 Å². The number of benzene rings is 1. The quantitative estimate of drug-likeness (QED) is 0.375. The molecule has 2 rings (SSSR count). The van der Waals surface area contributed by atoms with Crippen molar-refractivity contribution in [1.82, 2.24) is 0 Å². The SMILES string of the molecule is CCCCCCCC1CCC(c2ccc(CCC=C(F)F)cc2)CC1. The first kappa shape index (κ1) is 20.1. The lowest BCUT2D eigenvalue weighted by molar-refractivity contribution is 0.302. The zero-order valence-electron chi connectivity index (χ0n) is 15.8. The highest BCUT2D eigenvalue weighted by Crippen LogP contribution is 2.37. The van der Waals surface area contributed by atoms with Gasteiger partial charge in [0.05, 0.1) is 0 Å². The van der Waals surface area contributed by atoms with E-state index in [1.165, 1.54) is 69.8 Å². The van der Waals surface area contributed by atoms with Gasteiger partial charge in [0, 0.05) is 0 Å². The van der Waals surface area contributed by atoms with Gasteiger partial charge in [0.2, 0.25) is 0 Å². The summed E-state index contributed by atoms with van der Waals surface area (Å²) in [5.74, 6) is 1.65. The van der Waals surface area contributed by atoms with Gasteiger partial charge in [-0.15, -0.1) is 0 Å². The third-order valence-electron chi connectivity index (χ3n) is 5.75. The smallest absolute Gasteiger partial charge is 0.174 e. The number of allylic oxidation sites excluding steroid dienone is 1. The Morgan fingerprint density at radius 1 is 0.960 bits per heavy atom. The zero-order valence-corrected chi connectivity index (χ0v) is 15.8. The van der Waals surface area contributed by atoms with Crippen LogP contribution in [0.5, 0.6) is 0 Å². The molecule has 0 radical (unpaired) electrons. The third-order valence-corrected chi connectivity index (χ3v) is 5.75. The first-order valence-corrected chi connectivity index (χ1v) is 10.3. The van der Waals surface area contributed by atoms with Gasteiger partial charge in [-0.3, -0.25) is 0 Å². The molecule has 1 aliphatic rings. The maximum Gasteiger partial charge on any atom is 0.266 e. The monoisotopic (exact) mass is 348 g/mol. The summed E-state index contributed by atoms with van der Waals surface area (Å²) < 4.78 is 24.1. The van der Waals surface area contributed by atoms with E-state index in [9.17, 15) is 8.78 Å². The average molecular weight is 349 g/mol. The second kappa shape index (κ2) is 11.4. The van der Waals surface area contributed by atoms with Gasteiger partial charge < -0.3 is 0 Å². The van der Waals surface area contributed by atoms with Gasteiger partial charge in [-0.25, -0.2) is 0 Å². The lowest BCUT2D eigenvalue weighted by atomic mass is 9.77. The van der Waals surface area contributed by atoms with Gasteiger partial charge in [0.25, 0.3) is 6.08 Å². The molecule has 2 heteroatoms. The van der Waals surface area contributed by atoms with E-state index in [1.807, 2.05) is 0 Å². The number of aryl methyl sites for hydroxylation is 1. The second-order valence-corrected chi connectivity index (χ2v) is 7.69. The molecule has 1 aromatic rings. The van der Waals surface area contributed by atoms with Crippen molar-refractivity contribution in [2.24, 2.45) is 5.92 Å². The van der Waals surface area contributed by atoms with E-state index in [4.69, 9.17) is 0 Å². The Morgan fingerprint density at radius 2 is 1.64 bits per heavy atom. The first-order chi connectivity index (χ1) is 12.2. The fraction of sp³-hybridized carbons (Fsp3) is 0.652. The van der Waals surface area contributed by atoms with Gasteiger partial charge >= 0.3 is 0 Å². The van der Waals surface area contributed by atoms with Crippen molar-refractivity contribution in [3.05, 3.63) is 47.5 Å². The number of hydrogen-bond acceptors (Lipinski definition) is 0. The van der Waals surface area contributed by atoms with Crippen LogP contribution in [0.3, 0.4) is 0 Å². The standard InChI is InChI=1S/C23H34F2/c1-2-3-4-5-6-8-19-11-15-21(16-12-19)22-17-13-20(14-18-22)9-7-10-23(24)25/h10,13-14,17-19,21H,2-9,11-12,15-16H2,1H3. The molecule has 0 atom stereocenters. The van der Waals surface area contributed by atoms with Gasteiger partial charge in [0.15, 0.2) is 0 Å². The summed E-state index contributed by atoms with van der Waals surface area (Å²) in [6.07, 6.45) is 14.3. The largest absolute Gasteiger partial charge is 0.266 e. The van der Waals surface area contributed by atoms with Crippen molar-refractivity contribution in [3.63, 3.8) is 0 Å². The predicted molar refractivity (Wildman–Crippen MR) is 103 cm³/mol. The third kappa shape index (κ3) is 7.71. The van der Waals surface area contributed by atoms with Crippen LogP contribution < -0.4 is 0 Å². The summed E-state index contributed by atoms with van der Waals surface area (Å²) in [6, 6.07) is 8.69. The minimum absolute atomic E-state index is 0.422. The van der Waals surface area contributed by atoms with Gasteiger partial charge in [-0.2, -0.15) is 8.78 Å². The van der Waals surface area contributed by atoms with Crippen molar-refractivity contribution in [1.29, 1.82) is 0 Å². The zero-order chi connectivity index (χ0) is 17.9. The topological polar surface area (TPSA) is 0 Å². The molecule has 0 aromatic heterocycles. The molecule has 0 amide bonds. The number of unbranched alkanes of at least 4 members (excludes halogenated alkanes) is 4. The molecule has 1 aromatic carbocycles. The van der Waals surface area contributed by atoms with E-state index in [0.29, 0.717) is 18.8 Å². The minimum Gasteiger partial charge on any atom is -0.174 e. The van der Waals surface area contributed by atoms with E-state index >= 15 is 0 Å². The van der Waals surface area contributed by atoms with Crippen LogP contribution in [0.15, 0.2) is 36.4 Å². The molecular weight excluding hydrogens is 314 g/mol. The highest BCUT2D eigenvalue weighted by atomic mass is 19.3. The summed E-state index contributed by atoms with van der Waals surface area (Å²) in [4.78, 5) is 0. The molecule has 25 heavy (non-hydrogen) atoms. The molecule has 0 saturated heterocycles. The molecule has 0 spiro atoms. The maximum absolute atomic E-state index is 12.1. The van der Waals surface area contributed by atoms with E-state index in [2.05, 4.69) is 31.2 Å². The van der Waals surface area contributed by atoms with Crippen molar-refractivity contribution < 1.29 is 8.78 Å².